The number of rotatable bonds is 4. The van der Waals surface area contributed by atoms with Crippen LogP contribution in [0.2, 0.25) is 0 Å². The lowest BCUT2D eigenvalue weighted by molar-refractivity contribution is 1.47. The third-order valence-corrected chi connectivity index (χ3v) is 5.37. The van der Waals surface area contributed by atoms with Gasteiger partial charge in [0, 0.05) is 22.7 Å². The summed E-state index contributed by atoms with van der Waals surface area (Å²) in [5, 5.41) is 2.17. The summed E-state index contributed by atoms with van der Waals surface area (Å²) in [5.74, 6) is 0. The van der Waals surface area contributed by atoms with Crippen LogP contribution < -0.4 is 5.73 Å². The molecule has 5 rings (SSSR count). The summed E-state index contributed by atoms with van der Waals surface area (Å²) < 4.78 is 0. The van der Waals surface area contributed by atoms with Crippen molar-refractivity contribution in [1.29, 1.82) is 0 Å². The number of nitrogens with zero attached hydrogens (tertiary/aromatic N) is 2. The third-order valence-electron chi connectivity index (χ3n) is 5.37. The Bertz CT molecular complexity index is 1430. The van der Waals surface area contributed by atoms with E-state index in [0.717, 1.165) is 38.6 Å². The molecule has 31 heavy (non-hydrogen) atoms. The fraction of sp³-hybridized carbons (Fsp3) is 0. The Balaban J connectivity index is 1.39. The lowest BCUT2D eigenvalue weighted by atomic mass is 10.0. The molecule has 3 heteroatoms. The summed E-state index contributed by atoms with van der Waals surface area (Å²) in [6.45, 7) is 3.80. The average Bonchev–Trinajstić information content (AvgIpc) is 2.82. The Labute approximate surface area is 181 Å². The van der Waals surface area contributed by atoms with E-state index in [0.29, 0.717) is 5.69 Å². The fourth-order valence-corrected chi connectivity index (χ4v) is 3.63. The standard InChI is InChI=1S/C28H21N3/c1-2-19-3-7-21(8-4-19)22-9-5-20(6-10-22)18-30-26-14-12-24-15-23-11-13-25(29)16-27(23)31-28(24)17-26/h2-18H,1,29H2/b30-18-. The number of pyridine rings is 1. The molecule has 4 aromatic carbocycles. The molecule has 0 saturated heterocycles. The Kier molecular flexibility index (Phi) is 4.77. The second-order valence-corrected chi connectivity index (χ2v) is 7.52. The molecule has 0 saturated carbocycles. The maximum atomic E-state index is 5.90. The first-order valence-electron chi connectivity index (χ1n) is 10.1. The highest BCUT2D eigenvalue weighted by molar-refractivity contribution is 5.95. The number of aromatic nitrogens is 1. The van der Waals surface area contributed by atoms with Gasteiger partial charge in [-0.15, -0.1) is 0 Å². The molecule has 0 atom stereocenters. The topological polar surface area (TPSA) is 51.3 Å². The van der Waals surface area contributed by atoms with E-state index in [-0.39, 0.29) is 0 Å². The van der Waals surface area contributed by atoms with Crippen LogP contribution in [-0.2, 0) is 0 Å². The molecule has 0 aliphatic rings. The van der Waals surface area contributed by atoms with Gasteiger partial charge in [-0.25, -0.2) is 4.98 Å². The third kappa shape index (κ3) is 3.94. The van der Waals surface area contributed by atoms with Crippen LogP contribution in [0.1, 0.15) is 11.1 Å². The van der Waals surface area contributed by atoms with E-state index in [1.165, 1.54) is 11.1 Å². The lowest BCUT2D eigenvalue weighted by Crippen LogP contribution is -1.87. The Morgan fingerprint density at radius 1 is 0.677 bits per heavy atom. The SMILES string of the molecule is C=Cc1ccc(-c2ccc(/C=N\c3ccc4cc5ccc(N)cc5nc4c3)cc2)cc1. The maximum Gasteiger partial charge on any atom is 0.0731 e. The van der Waals surface area contributed by atoms with Crippen molar-refractivity contribution in [2.45, 2.75) is 0 Å². The van der Waals surface area contributed by atoms with Gasteiger partial charge in [-0.3, -0.25) is 4.99 Å². The number of anilines is 1. The van der Waals surface area contributed by atoms with Crippen LogP contribution in [0.15, 0.2) is 103 Å². The quantitative estimate of drug-likeness (QED) is 0.200. The van der Waals surface area contributed by atoms with Gasteiger partial charge in [0.15, 0.2) is 0 Å². The van der Waals surface area contributed by atoms with Crippen molar-refractivity contribution in [2.24, 2.45) is 4.99 Å². The molecule has 2 N–H and O–H groups in total. The minimum atomic E-state index is 0.716. The van der Waals surface area contributed by atoms with E-state index in [2.05, 4.69) is 72.2 Å². The summed E-state index contributed by atoms with van der Waals surface area (Å²) in [4.78, 5) is 9.40. The second-order valence-electron chi connectivity index (χ2n) is 7.52. The molecule has 0 radical (unpaired) electrons. The highest BCUT2D eigenvalue weighted by atomic mass is 14.7. The van der Waals surface area contributed by atoms with Crippen molar-refractivity contribution in [2.75, 3.05) is 5.73 Å². The Morgan fingerprint density at radius 2 is 1.29 bits per heavy atom. The van der Waals surface area contributed by atoms with Crippen LogP contribution in [0.25, 0.3) is 39.0 Å². The Hall–Kier alpha value is -4.24. The minimum absolute atomic E-state index is 0.716. The number of hydrogen-bond donors (Lipinski definition) is 1. The van der Waals surface area contributed by atoms with Crippen molar-refractivity contribution in [3.8, 4) is 11.1 Å². The van der Waals surface area contributed by atoms with Crippen LogP contribution in [0, 0.1) is 0 Å². The van der Waals surface area contributed by atoms with Crippen molar-refractivity contribution in [3.05, 3.63) is 109 Å². The van der Waals surface area contributed by atoms with Crippen molar-refractivity contribution >= 4 is 45.5 Å². The van der Waals surface area contributed by atoms with Crippen molar-refractivity contribution < 1.29 is 0 Å². The maximum absolute atomic E-state index is 5.90. The molecule has 1 heterocycles. The first kappa shape index (κ1) is 18.8. The normalized spacial score (nSPS) is 11.4. The first-order valence-corrected chi connectivity index (χ1v) is 10.1. The lowest BCUT2D eigenvalue weighted by Gasteiger charge is -2.04. The molecule has 1 aromatic heterocycles. The summed E-state index contributed by atoms with van der Waals surface area (Å²) >= 11 is 0. The number of benzene rings is 4. The molecular weight excluding hydrogens is 378 g/mol. The van der Waals surface area contributed by atoms with Gasteiger partial charge >= 0.3 is 0 Å². The van der Waals surface area contributed by atoms with Crippen LogP contribution >= 0.6 is 0 Å². The molecule has 0 bridgehead atoms. The minimum Gasteiger partial charge on any atom is -0.399 e. The number of hydrogen-bond acceptors (Lipinski definition) is 3. The summed E-state index contributed by atoms with van der Waals surface area (Å²) in [6, 6.07) is 30.8. The average molecular weight is 399 g/mol. The van der Waals surface area contributed by atoms with Gasteiger partial charge in [0.05, 0.1) is 16.7 Å². The van der Waals surface area contributed by atoms with Gasteiger partial charge in [0.2, 0.25) is 0 Å². The number of nitrogens with two attached hydrogens (primary N) is 1. The van der Waals surface area contributed by atoms with Gasteiger partial charge in [0.25, 0.3) is 0 Å². The summed E-state index contributed by atoms with van der Waals surface area (Å²) in [6.07, 6.45) is 3.73. The molecule has 5 aromatic rings. The highest BCUT2D eigenvalue weighted by Gasteiger charge is 2.02. The zero-order valence-electron chi connectivity index (χ0n) is 17.0. The van der Waals surface area contributed by atoms with Gasteiger partial charge in [-0.05, 0) is 52.6 Å². The van der Waals surface area contributed by atoms with E-state index in [1.807, 2.05) is 42.6 Å². The van der Waals surface area contributed by atoms with Crippen LogP contribution in [-0.4, -0.2) is 11.2 Å². The molecule has 148 valence electrons. The number of aliphatic imine (C=N–C) groups is 1. The molecule has 0 spiro atoms. The predicted molar refractivity (Wildman–Crippen MR) is 133 cm³/mol. The van der Waals surface area contributed by atoms with Crippen molar-refractivity contribution in [3.63, 3.8) is 0 Å². The van der Waals surface area contributed by atoms with E-state index in [1.54, 1.807) is 0 Å². The largest absolute Gasteiger partial charge is 0.399 e. The number of nitrogen functional groups attached to an aromatic ring is 1. The summed E-state index contributed by atoms with van der Waals surface area (Å²) in [5.41, 5.74) is 13.8. The smallest absolute Gasteiger partial charge is 0.0731 e. The molecule has 0 aliphatic carbocycles. The molecule has 0 fully saturated rings. The van der Waals surface area contributed by atoms with E-state index in [9.17, 15) is 0 Å². The van der Waals surface area contributed by atoms with E-state index < -0.39 is 0 Å². The second kappa shape index (κ2) is 7.88. The Morgan fingerprint density at radius 3 is 1.97 bits per heavy atom. The van der Waals surface area contributed by atoms with Crippen LogP contribution in [0.3, 0.4) is 0 Å². The van der Waals surface area contributed by atoms with Gasteiger partial charge in [-0.2, -0.15) is 0 Å². The van der Waals surface area contributed by atoms with Gasteiger partial charge < -0.3 is 5.73 Å². The highest BCUT2D eigenvalue weighted by Crippen LogP contribution is 2.25. The zero-order valence-corrected chi connectivity index (χ0v) is 17.0. The van der Waals surface area contributed by atoms with Crippen molar-refractivity contribution in [1.82, 2.24) is 4.98 Å². The van der Waals surface area contributed by atoms with E-state index >= 15 is 0 Å². The molecule has 0 amide bonds. The molecule has 3 nitrogen and oxygen atoms in total. The first-order chi connectivity index (χ1) is 15.2. The summed E-state index contributed by atoms with van der Waals surface area (Å²) in [7, 11) is 0. The molecule has 0 unspecified atom stereocenters. The zero-order chi connectivity index (χ0) is 21.2. The number of fused-ring (bicyclic) bond motifs is 2. The van der Waals surface area contributed by atoms with Gasteiger partial charge in [0.1, 0.15) is 0 Å². The monoisotopic (exact) mass is 399 g/mol. The predicted octanol–water partition coefficient (Wildman–Crippen LogP) is 7.03. The van der Waals surface area contributed by atoms with E-state index in [4.69, 9.17) is 10.7 Å². The fourth-order valence-electron chi connectivity index (χ4n) is 3.63. The molecule has 0 aliphatic heterocycles. The van der Waals surface area contributed by atoms with Gasteiger partial charge in [-0.1, -0.05) is 73.3 Å². The molecular formula is C28H21N3. The van der Waals surface area contributed by atoms with Crippen LogP contribution in [0.5, 0.6) is 0 Å². The van der Waals surface area contributed by atoms with Crippen LogP contribution in [0.4, 0.5) is 11.4 Å².